The molecule has 0 radical (unpaired) electrons. The summed E-state index contributed by atoms with van der Waals surface area (Å²) in [6.45, 7) is 1.08. The number of hydrogen-bond donors (Lipinski definition) is 2. The minimum Gasteiger partial charge on any atom is -0.508 e. The maximum absolute atomic E-state index is 9.38. The summed E-state index contributed by atoms with van der Waals surface area (Å²) in [6, 6.07) is 7.67. The Kier molecular flexibility index (Phi) is 2.73. The van der Waals surface area contributed by atoms with Crippen molar-refractivity contribution >= 4 is 0 Å². The highest BCUT2D eigenvalue weighted by Crippen LogP contribution is 2.42. The molecule has 0 saturated heterocycles. The van der Waals surface area contributed by atoms with Crippen molar-refractivity contribution in [2.45, 2.75) is 18.8 Å². The average molecular weight is 191 g/mol. The van der Waals surface area contributed by atoms with E-state index < -0.39 is 0 Å². The lowest BCUT2D eigenvalue weighted by molar-refractivity contribution is 0.250. The van der Waals surface area contributed by atoms with Gasteiger partial charge in [0.2, 0.25) is 0 Å². The number of nitrogens with one attached hydrogen (secondary N) is 1. The molecule has 0 bridgehead atoms. The topological polar surface area (TPSA) is 32.3 Å². The van der Waals surface area contributed by atoms with Gasteiger partial charge in [-0.25, -0.2) is 0 Å². The van der Waals surface area contributed by atoms with Crippen LogP contribution in [0.5, 0.6) is 5.75 Å². The Morgan fingerprint density at radius 3 is 2.86 bits per heavy atom. The van der Waals surface area contributed by atoms with Crippen molar-refractivity contribution in [3.63, 3.8) is 0 Å². The lowest BCUT2D eigenvalue weighted by Gasteiger charge is -2.37. The highest BCUT2D eigenvalue weighted by Gasteiger charge is 2.31. The van der Waals surface area contributed by atoms with E-state index in [-0.39, 0.29) is 0 Å². The second-order valence-corrected chi connectivity index (χ2v) is 4.10. The number of rotatable bonds is 3. The molecule has 0 aromatic heterocycles. The van der Waals surface area contributed by atoms with Crippen molar-refractivity contribution in [2.75, 3.05) is 13.6 Å². The Labute approximate surface area is 85.0 Å². The third-order valence-electron chi connectivity index (χ3n) is 3.18. The Bertz CT molecular complexity index is 311. The van der Waals surface area contributed by atoms with Crippen molar-refractivity contribution in [1.29, 1.82) is 0 Å². The van der Waals surface area contributed by atoms with E-state index in [1.807, 2.05) is 19.2 Å². The first-order valence-corrected chi connectivity index (χ1v) is 5.25. The van der Waals surface area contributed by atoms with Crippen molar-refractivity contribution in [2.24, 2.45) is 5.92 Å². The second-order valence-electron chi connectivity index (χ2n) is 4.10. The fraction of sp³-hybridized carbons (Fsp3) is 0.500. The number of phenols is 1. The summed E-state index contributed by atoms with van der Waals surface area (Å²) in [5.74, 6) is 1.79. The normalized spacial score (nSPS) is 25.8. The molecule has 1 aliphatic rings. The molecule has 2 N–H and O–H groups in total. The van der Waals surface area contributed by atoms with E-state index in [2.05, 4.69) is 11.4 Å². The van der Waals surface area contributed by atoms with Crippen molar-refractivity contribution in [1.82, 2.24) is 5.32 Å². The van der Waals surface area contributed by atoms with Crippen LogP contribution in [0.1, 0.15) is 24.3 Å². The first-order valence-electron chi connectivity index (χ1n) is 5.25. The minimum absolute atomic E-state index is 0.387. The molecule has 2 nitrogen and oxygen atoms in total. The molecule has 2 unspecified atom stereocenters. The summed E-state index contributed by atoms with van der Waals surface area (Å²) >= 11 is 0. The molecule has 76 valence electrons. The largest absolute Gasteiger partial charge is 0.508 e. The molecular formula is C12H17NO. The van der Waals surface area contributed by atoms with Gasteiger partial charge in [0.15, 0.2) is 0 Å². The van der Waals surface area contributed by atoms with Gasteiger partial charge in [-0.15, -0.1) is 0 Å². The number of phenolic OH excluding ortho intramolecular Hbond substituents is 1. The SMILES string of the molecule is CNCC1CCC1c1cccc(O)c1. The molecule has 1 fully saturated rings. The highest BCUT2D eigenvalue weighted by atomic mass is 16.3. The molecule has 2 atom stereocenters. The number of aromatic hydroxyl groups is 1. The first kappa shape index (κ1) is 9.53. The Balaban J connectivity index is 2.08. The van der Waals surface area contributed by atoms with Gasteiger partial charge >= 0.3 is 0 Å². The van der Waals surface area contributed by atoms with Gasteiger partial charge in [-0.05, 0) is 56.0 Å². The van der Waals surface area contributed by atoms with Crippen molar-refractivity contribution in [3.05, 3.63) is 29.8 Å². The summed E-state index contributed by atoms with van der Waals surface area (Å²) in [5, 5.41) is 12.6. The summed E-state index contributed by atoms with van der Waals surface area (Å²) in [7, 11) is 2.00. The van der Waals surface area contributed by atoms with Crippen LogP contribution in [0.2, 0.25) is 0 Å². The third kappa shape index (κ3) is 1.75. The zero-order valence-electron chi connectivity index (χ0n) is 8.53. The average Bonchev–Trinajstić information content (AvgIpc) is 2.12. The molecule has 1 aliphatic carbocycles. The Morgan fingerprint density at radius 1 is 1.43 bits per heavy atom. The van der Waals surface area contributed by atoms with Crippen LogP contribution in [-0.2, 0) is 0 Å². The summed E-state index contributed by atoms with van der Waals surface area (Å²) < 4.78 is 0. The second kappa shape index (κ2) is 4.01. The molecule has 0 spiro atoms. The van der Waals surface area contributed by atoms with Gasteiger partial charge in [0.05, 0.1) is 0 Å². The zero-order chi connectivity index (χ0) is 9.97. The van der Waals surface area contributed by atoms with E-state index >= 15 is 0 Å². The van der Waals surface area contributed by atoms with E-state index in [9.17, 15) is 5.11 Å². The predicted octanol–water partition coefficient (Wildman–Crippen LogP) is 2.11. The van der Waals surface area contributed by atoms with Crippen LogP contribution in [0, 0.1) is 5.92 Å². The van der Waals surface area contributed by atoms with Gasteiger partial charge in [0, 0.05) is 0 Å². The van der Waals surface area contributed by atoms with Gasteiger partial charge in [-0.1, -0.05) is 12.1 Å². The molecule has 1 aromatic carbocycles. The van der Waals surface area contributed by atoms with Crippen LogP contribution in [0.3, 0.4) is 0 Å². The first-order chi connectivity index (χ1) is 6.81. The van der Waals surface area contributed by atoms with Crippen LogP contribution in [0.25, 0.3) is 0 Å². The smallest absolute Gasteiger partial charge is 0.115 e. The highest BCUT2D eigenvalue weighted by molar-refractivity contribution is 5.31. The Morgan fingerprint density at radius 2 is 2.29 bits per heavy atom. The lowest BCUT2D eigenvalue weighted by atomic mass is 9.70. The van der Waals surface area contributed by atoms with Gasteiger partial charge in [-0.2, -0.15) is 0 Å². The molecule has 2 rings (SSSR count). The zero-order valence-corrected chi connectivity index (χ0v) is 8.53. The van der Waals surface area contributed by atoms with Gasteiger partial charge < -0.3 is 10.4 Å². The van der Waals surface area contributed by atoms with Crippen LogP contribution in [-0.4, -0.2) is 18.7 Å². The van der Waals surface area contributed by atoms with Crippen LogP contribution >= 0.6 is 0 Å². The quantitative estimate of drug-likeness (QED) is 0.767. The maximum Gasteiger partial charge on any atom is 0.115 e. The van der Waals surface area contributed by atoms with E-state index in [1.54, 1.807) is 6.07 Å². The van der Waals surface area contributed by atoms with E-state index in [0.29, 0.717) is 11.7 Å². The number of hydrogen-bond acceptors (Lipinski definition) is 2. The fourth-order valence-corrected chi connectivity index (χ4v) is 2.27. The Hall–Kier alpha value is -1.02. The minimum atomic E-state index is 0.387. The van der Waals surface area contributed by atoms with Crippen LogP contribution in [0.15, 0.2) is 24.3 Å². The molecular weight excluding hydrogens is 174 g/mol. The van der Waals surface area contributed by atoms with Gasteiger partial charge in [0.1, 0.15) is 5.75 Å². The van der Waals surface area contributed by atoms with Gasteiger partial charge in [-0.3, -0.25) is 0 Å². The van der Waals surface area contributed by atoms with Crippen LogP contribution < -0.4 is 5.32 Å². The van der Waals surface area contributed by atoms with E-state index in [1.165, 1.54) is 18.4 Å². The summed E-state index contributed by atoms with van der Waals surface area (Å²) in [6.07, 6.45) is 2.57. The van der Waals surface area contributed by atoms with Crippen LogP contribution in [0.4, 0.5) is 0 Å². The summed E-state index contributed by atoms with van der Waals surface area (Å²) in [5.41, 5.74) is 1.29. The molecule has 14 heavy (non-hydrogen) atoms. The fourth-order valence-electron chi connectivity index (χ4n) is 2.27. The lowest BCUT2D eigenvalue weighted by Crippen LogP contribution is -2.32. The third-order valence-corrected chi connectivity index (χ3v) is 3.18. The van der Waals surface area contributed by atoms with E-state index in [4.69, 9.17) is 0 Å². The monoisotopic (exact) mass is 191 g/mol. The molecule has 1 saturated carbocycles. The van der Waals surface area contributed by atoms with Crippen molar-refractivity contribution in [3.8, 4) is 5.75 Å². The molecule has 0 aliphatic heterocycles. The van der Waals surface area contributed by atoms with Gasteiger partial charge in [0.25, 0.3) is 0 Å². The van der Waals surface area contributed by atoms with E-state index in [0.717, 1.165) is 12.5 Å². The summed E-state index contributed by atoms with van der Waals surface area (Å²) in [4.78, 5) is 0. The molecule has 0 amide bonds. The van der Waals surface area contributed by atoms with Crippen molar-refractivity contribution < 1.29 is 5.11 Å². The molecule has 2 heteroatoms. The maximum atomic E-state index is 9.38. The predicted molar refractivity (Wildman–Crippen MR) is 57.5 cm³/mol. The molecule has 0 heterocycles. The standard InChI is InChI=1S/C12H17NO/c1-13-8-10-5-6-12(10)9-3-2-4-11(14)7-9/h2-4,7,10,12-14H,5-6,8H2,1H3. The number of benzene rings is 1. The molecule has 1 aromatic rings.